The molecule has 0 bridgehead atoms. The van der Waals surface area contributed by atoms with Crippen molar-refractivity contribution in [3.63, 3.8) is 0 Å². The molecule has 1 spiro atoms. The topological polar surface area (TPSA) is 200 Å². The highest BCUT2D eigenvalue weighted by atomic mass is 16.6. The maximum absolute atomic E-state index is 14.7. The van der Waals surface area contributed by atoms with E-state index in [1.54, 1.807) is 32.9 Å². The highest BCUT2D eigenvalue weighted by molar-refractivity contribution is 6.17. The summed E-state index contributed by atoms with van der Waals surface area (Å²) in [5.41, 5.74) is -1.52. The Kier molecular flexibility index (Phi) is 14.3. The Morgan fingerprint density at radius 2 is 1.51 bits per heavy atom. The standard InChI is InChI=1S/C38H46O9.C24H32O4/c1-21(2)11-10-18-36(8)19-17-24-29(39)28-30(40)26-12-9-13-27-35(6,7)47-37(34(43)44,20-16-23(5)33(41)42)38(26,27)46-32(28)25(31(24)45-36)15-14-22(3)4;1-14-12-18-19(22(4)9-6-17(27)13-21(14)22)7-10-23(5)20(18)8-11-24(23,15(2)25)28-16(3)26/h11-12,14,16-17,19,27,39H,9-10,13,15,18,20H2,1-8H3,(H,41,42)(H,43,44);12-13,18-20H,6-11H2,1-5H3. The van der Waals surface area contributed by atoms with Gasteiger partial charge in [0.05, 0.1) is 11.2 Å². The number of carbonyl (C=O) groups is 6. The second-order valence-corrected chi connectivity index (χ2v) is 24.5. The molecule has 9 rings (SSSR count). The van der Waals surface area contributed by atoms with Crippen LogP contribution in [0.2, 0.25) is 0 Å². The van der Waals surface area contributed by atoms with Gasteiger partial charge in [0.15, 0.2) is 28.6 Å². The van der Waals surface area contributed by atoms with E-state index < -0.39 is 51.6 Å². The number of hydrogen-bond donors (Lipinski definition) is 3. The van der Waals surface area contributed by atoms with Crippen LogP contribution in [-0.2, 0) is 39.9 Å². The summed E-state index contributed by atoms with van der Waals surface area (Å²) < 4.78 is 26.1. The Bertz CT molecular complexity index is 2880. The van der Waals surface area contributed by atoms with Crippen molar-refractivity contribution >= 4 is 41.3 Å². The number of phenols is 1. The molecule has 13 heteroatoms. The van der Waals surface area contributed by atoms with Crippen LogP contribution in [0, 0.1) is 34.5 Å². The van der Waals surface area contributed by atoms with Crippen molar-refractivity contribution in [2.45, 2.75) is 195 Å². The quantitative estimate of drug-likeness (QED) is 0.107. The number of allylic oxidation sites excluding steroid dienone is 9. The summed E-state index contributed by atoms with van der Waals surface area (Å²) in [7, 11) is 0. The molecule has 13 nitrogen and oxygen atoms in total. The minimum Gasteiger partial charge on any atom is -0.506 e. The van der Waals surface area contributed by atoms with E-state index in [0.29, 0.717) is 73.2 Å². The molecule has 10 atom stereocenters. The van der Waals surface area contributed by atoms with Crippen molar-refractivity contribution in [2.75, 3.05) is 0 Å². The molecule has 3 heterocycles. The molecule has 8 aliphatic rings. The third kappa shape index (κ3) is 8.71. The number of carboxylic acids is 2. The molecular formula is C62H78O13. The zero-order valence-corrected chi connectivity index (χ0v) is 46.3. The van der Waals surface area contributed by atoms with E-state index in [1.807, 2.05) is 52.8 Å². The maximum Gasteiger partial charge on any atom is 0.340 e. The third-order valence-electron chi connectivity index (χ3n) is 18.9. The average Bonchev–Trinajstić information content (AvgIpc) is 3.73. The molecule has 3 fully saturated rings. The van der Waals surface area contributed by atoms with Crippen LogP contribution in [0.3, 0.4) is 0 Å². The van der Waals surface area contributed by atoms with Crippen LogP contribution in [-0.4, -0.2) is 78.6 Å². The largest absolute Gasteiger partial charge is 0.506 e. The second-order valence-electron chi connectivity index (χ2n) is 24.5. The zero-order valence-electron chi connectivity index (χ0n) is 46.3. The molecule has 10 unspecified atom stereocenters. The average molecular weight is 1030 g/mol. The number of aliphatic carboxylic acids is 2. The summed E-state index contributed by atoms with van der Waals surface area (Å²) in [6, 6.07) is 0. The van der Waals surface area contributed by atoms with Crippen LogP contribution < -0.4 is 9.47 Å². The van der Waals surface area contributed by atoms with E-state index in [-0.39, 0.29) is 63.0 Å². The van der Waals surface area contributed by atoms with Gasteiger partial charge in [-0.3, -0.25) is 19.2 Å². The van der Waals surface area contributed by atoms with Gasteiger partial charge in [-0.15, -0.1) is 0 Å². The first-order valence-electron chi connectivity index (χ1n) is 26.9. The van der Waals surface area contributed by atoms with E-state index >= 15 is 0 Å². The number of aromatic hydroxyl groups is 1. The van der Waals surface area contributed by atoms with Gasteiger partial charge in [0.2, 0.25) is 5.60 Å². The lowest BCUT2D eigenvalue weighted by Gasteiger charge is -2.58. The first-order valence-corrected chi connectivity index (χ1v) is 26.9. The number of ketones is 3. The molecule has 5 aliphatic carbocycles. The predicted molar refractivity (Wildman–Crippen MR) is 284 cm³/mol. The maximum atomic E-state index is 14.7. The van der Waals surface area contributed by atoms with E-state index in [9.17, 15) is 44.1 Å². The van der Waals surface area contributed by atoms with Crippen molar-refractivity contribution in [1.29, 1.82) is 0 Å². The van der Waals surface area contributed by atoms with Crippen molar-refractivity contribution in [2.24, 2.45) is 34.5 Å². The molecule has 1 aromatic carbocycles. The summed E-state index contributed by atoms with van der Waals surface area (Å²) in [5.74, 6) is -2.50. The van der Waals surface area contributed by atoms with Gasteiger partial charge in [-0.25, -0.2) is 9.59 Å². The van der Waals surface area contributed by atoms with Crippen LogP contribution in [0.15, 0.2) is 76.0 Å². The Balaban J connectivity index is 0.000000226. The Labute approximate surface area is 442 Å². The molecule has 0 radical (unpaired) electrons. The van der Waals surface area contributed by atoms with E-state index in [4.69, 9.17) is 18.9 Å². The minimum atomic E-state index is -2.16. The van der Waals surface area contributed by atoms with Crippen LogP contribution in [0.4, 0.5) is 0 Å². The van der Waals surface area contributed by atoms with Crippen molar-refractivity contribution < 1.29 is 63.0 Å². The SMILES string of the molecule is CC(=O)OC1(C(C)=O)CCC2C3C=C(C)C4=CC(=O)CCC4(C)C3CCC21C.CC(C)=CCCC1(C)C=Cc2c(O)c3c(c(CC=C(C)C)c2O1)OC12C(=CCCC1C(C)(C)OC2(CC=C(C)C(=O)O)C(=O)O)C3=O. The van der Waals surface area contributed by atoms with Gasteiger partial charge >= 0.3 is 17.9 Å². The van der Waals surface area contributed by atoms with Crippen LogP contribution >= 0.6 is 0 Å². The number of Topliss-reactive ketones (excluding diaryl/α,β-unsaturated/α-hetero) is 2. The van der Waals surface area contributed by atoms with E-state index in [0.717, 1.165) is 37.7 Å². The molecule has 3 aliphatic heterocycles. The highest BCUT2D eigenvalue weighted by Crippen LogP contribution is 2.69. The smallest absolute Gasteiger partial charge is 0.340 e. The number of ether oxygens (including phenoxy) is 4. The normalized spacial score (nSPS) is 34.5. The highest BCUT2D eigenvalue weighted by Gasteiger charge is 2.77. The number of esters is 1. The van der Waals surface area contributed by atoms with Crippen molar-refractivity contribution in [3.05, 3.63) is 92.7 Å². The Morgan fingerprint density at radius 1 is 0.827 bits per heavy atom. The van der Waals surface area contributed by atoms with Gasteiger partial charge in [-0.05, 0) is 180 Å². The summed E-state index contributed by atoms with van der Waals surface area (Å²) in [6.07, 6.45) is 22.3. The molecule has 75 heavy (non-hydrogen) atoms. The lowest BCUT2D eigenvalue weighted by molar-refractivity contribution is -0.185. The predicted octanol–water partition coefficient (Wildman–Crippen LogP) is 12.1. The monoisotopic (exact) mass is 1030 g/mol. The minimum absolute atomic E-state index is 0.0160. The van der Waals surface area contributed by atoms with Gasteiger partial charge in [0.1, 0.15) is 28.4 Å². The number of phenolic OH excluding ortho intramolecular Hbond substituents is 1. The Hall–Kier alpha value is -5.82. The number of benzene rings is 1. The fraction of sp³-hybridized carbons (Fsp3) is 0.581. The molecule has 3 N–H and O–H groups in total. The van der Waals surface area contributed by atoms with Crippen molar-refractivity contribution in [1.82, 2.24) is 0 Å². The van der Waals surface area contributed by atoms with Gasteiger partial charge in [-0.1, -0.05) is 60.9 Å². The lowest BCUT2D eigenvalue weighted by atomic mass is 9.47. The van der Waals surface area contributed by atoms with E-state index in [2.05, 4.69) is 32.9 Å². The first-order chi connectivity index (χ1) is 35.0. The summed E-state index contributed by atoms with van der Waals surface area (Å²) in [4.78, 5) is 76.8. The second kappa shape index (κ2) is 19.3. The molecule has 1 aromatic rings. The molecule has 2 saturated carbocycles. The number of hydrogen-bond acceptors (Lipinski definition) is 11. The Morgan fingerprint density at radius 3 is 2.13 bits per heavy atom. The van der Waals surface area contributed by atoms with Crippen LogP contribution in [0.1, 0.15) is 182 Å². The van der Waals surface area contributed by atoms with E-state index in [1.165, 1.54) is 36.6 Å². The molecule has 404 valence electrons. The lowest BCUT2D eigenvalue weighted by Crippen LogP contribution is -2.66. The van der Waals surface area contributed by atoms with Gasteiger partial charge in [0, 0.05) is 47.8 Å². The first kappa shape index (κ1) is 55.4. The number of carboxylic acid groups (broad SMARTS) is 2. The molecule has 0 amide bonds. The molecular weight excluding hydrogens is 953 g/mol. The summed E-state index contributed by atoms with van der Waals surface area (Å²) in [6.45, 7) is 24.5. The zero-order chi connectivity index (χ0) is 55.2. The number of rotatable bonds is 11. The molecule has 1 saturated heterocycles. The van der Waals surface area contributed by atoms with Crippen molar-refractivity contribution in [3.8, 4) is 17.2 Å². The van der Waals surface area contributed by atoms with Crippen LogP contribution in [0.5, 0.6) is 17.2 Å². The van der Waals surface area contributed by atoms with Gasteiger partial charge < -0.3 is 34.3 Å². The fourth-order valence-electron chi connectivity index (χ4n) is 15.1. The van der Waals surface area contributed by atoms with Crippen LogP contribution in [0.25, 0.3) is 6.08 Å². The summed E-state index contributed by atoms with van der Waals surface area (Å²) in [5, 5.41) is 32.4. The third-order valence-corrected chi connectivity index (χ3v) is 18.9. The molecule has 0 aromatic heterocycles. The van der Waals surface area contributed by atoms with Gasteiger partial charge in [0.25, 0.3) is 0 Å². The number of carbonyl (C=O) groups excluding carboxylic acids is 4. The fourth-order valence-corrected chi connectivity index (χ4v) is 15.1. The number of fused-ring (bicyclic) bond motifs is 7. The van der Waals surface area contributed by atoms with Gasteiger partial charge in [-0.2, -0.15) is 0 Å². The summed E-state index contributed by atoms with van der Waals surface area (Å²) >= 11 is 0.